The summed E-state index contributed by atoms with van der Waals surface area (Å²) in [7, 11) is -1.78. The van der Waals surface area contributed by atoms with E-state index in [-0.39, 0.29) is 29.3 Å². The first kappa shape index (κ1) is 19.7. The normalized spacial score (nSPS) is 28.2. The Kier molecular flexibility index (Phi) is 5.44. The molecule has 2 bridgehead atoms. The molecule has 2 saturated heterocycles. The quantitative estimate of drug-likeness (QED) is 0.783. The summed E-state index contributed by atoms with van der Waals surface area (Å²) in [6.07, 6.45) is 1.91. The molecule has 2 aliphatic rings. The lowest BCUT2D eigenvalue weighted by Crippen LogP contribution is -2.62. The van der Waals surface area contributed by atoms with E-state index in [1.165, 1.54) is 0 Å². The van der Waals surface area contributed by atoms with E-state index in [2.05, 4.69) is 39.2 Å². The maximum Gasteiger partial charge on any atom is 0.410 e. The predicted octanol–water partition coefficient (Wildman–Crippen LogP) is 3.75. The monoisotopic (exact) mass is 356 g/mol. The van der Waals surface area contributed by atoms with Crippen molar-refractivity contribution in [3.8, 4) is 0 Å². The highest BCUT2D eigenvalue weighted by Gasteiger charge is 2.47. The number of hydrogen-bond acceptors (Lipinski definition) is 4. The number of rotatable bonds is 3. The van der Waals surface area contributed by atoms with Gasteiger partial charge in [0.25, 0.3) is 0 Å². The van der Waals surface area contributed by atoms with Crippen LogP contribution in [0, 0.1) is 0 Å². The van der Waals surface area contributed by atoms with Crippen LogP contribution in [0.3, 0.4) is 0 Å². The summed E-state index contributed by atoms with van der Waals surface area (Å²) in [6.45, 7) is 18.6. The smallest absolute Gasteiger partial charge is 0.410 e. The standard InChI is InChI=1S/C18H36N2O3Si/c1-17(2,3)23-16(21)20-13-9-10-15(20)14(19-11-13)12-22-24(7,8)18(4,5)6/h13-15,19H,9-12H2,1-8H3/t13-,14-,15+/m0/s1. The third-order valence-electron chi connectivity index (χ3n) is 5.66. The highest BCUT2D eigenvalue weighted by molar-refractivity contribution is 6.74. The first-order valence-corrected chi connectivity index (χ1v) is 12.1. The fourth-order valence-electron chi connectivity index (χ4n) is 3.21. The van der Waals surface area contributed by atoms with Crippen LogP contribution in [0.1, 0.15) is 54.4 Å². The Bertz CT molecular complexity index is 468. The highest BCUT2D eigenvalue weighted by atomic mass is 28.4. The Balaban J connectivity index is 2.02. The second-order valence-electron chi connectivity index (χ2n) is 9.77. The predicted molar refractivity (Wildman–Crippen MR) is 99.8 cm³/mol. The Hall–Kier alpha value is -0.593. The molecule has 140 valence electrons. The number of carbonyl (C=O) groups is 1. The third kappa shape index (κ3) is 4.32. The van der Waals surface area contributed by atoms with Crippen molar-refractivity contribution >= 4 is 14.4 Å². The minimum atomic E-state index is -1.78. The third-order valence-corrected chi connectivity index (χ3v) is 10.2. The Morgan fingerprint density at radius 1 is 1.17 bits per heavy atom. The number of ether oxygens (including phenoxy) is 1. The fraction of sp³-hybridized carbons (Fsp3) is 0.944. The summed E-state index contributed by atoms with van der Waals surface area (Å²) in [5.41, 5.74) is -0.450. The Morgan fingerprint density at radius 3 is 2.33 bits per heavy atom. The van der Waals surface area contributed by atoms with E-state index in [0.29, 0.717) is 6.61 Å². The summed E-state index contributed by atoms with van der Waals surface area (Å²) in [4.78, 5) is 14.6. The SMILES string of the molecule is CC(C)(C)OC(=O)N1[C@H]2CC[C@@H]1[C@H](CO[Si](C)(C)C(C)(C)C)NC2. The molecule has 0 aromatic rings. The molecule has 0 saturated carbocycles. The van der Waals surface area contributed by atoms with Gasteiger partial charge in [-0.2, -0.15) is 0 Å². The molecular formula is C18H36N2O3Si. The van der Waals surface area contributed by atoms with Crippen molar-refractivity contribution in [2.75, 3.05) is 13.2 Å². The van der Waals surface area contributed by atoms with Crippen LogP contribution in [0.2, 0.25) is 18.1 Å². The molecule has 2 heterocycles. The molecule has 0 aromatic carbocycles. The molecule has 0 radical (unpaired) electrons. The van der Waals surface area contributed by atoms with Crippen molar-refractivity contribution in [1.29, 1.82) is 0 Å². The van der Waals surface area contributed by atoms with Gasteiger partial charge in [0, 0.05) is 18.6 Å². The zero-order valence-electron chi connectivity index (χ0n) is 16.7. The number of amides is 1. The number of nitrogens with one attached hydrogen (secondary N) is 1. The van der Waals surface area contributed by atoms with Crippen LogP contribution in [0.25, 0.3) is 0 Å². The van der Waals surface area contributed by atoms with Crippen LogP contribution >= 0.6 is 0 Å². The van der Waals surface area contributed by atoms with Crippen molar-refractivity contribution in [2.24, 2.45) is 0 Å². The summed E-state index contributed by atoms with van der Waals surface area (Å²) in [6, 6.07) is 0.641. The van der Waals surface area contributed by atoms with Crippen LogP contribution in [0.15, 0.2) is 0 Å². The highest BCUT2D eigenvalue weighted by Crippen LogP contribution is 2.37. The van der Waals surface area contributed by atoms with Crippen molar-refractivity contribution in [2.45, 2.75) is 96.2 Å². The van der Waals surface area contributed by atoms with Crippen molar-refractivity contribution < 1.29 is 14.0 Å². The Morgan fingerprint density at radius 2 is 1.79 bits per heavy atom. The van der Waals surface area contributed by atoms with Gasteiger partial charge in [0.15, 0.2) is 8.32 Å². The second-order valence-corrected chi connectivity index (χ2v) is 14.6. The van der Waals surface area contributed by atoms with Gasteiger partial charge < -0.3 is 14.5 Å². The van der Waals surface area contributed by atoms with Crippen LogP contribution in [0.5, 0.6) is 0 Å². The minimum Gasteiger partial charge on any atom is -0.444 e. The molecule has 2 rings (SSSR count). The second kappa shape index (κ2) is 6.61. The summed E-state index contributed by atoms with van der Waals surface area (Å²) >= 11 is 0. The van der Waals surface area contributed by atoms with Gasteiger partial charge in [-0.25, -0.2) is 4.79 Å². The topological polar surface area (TPSA) is 50.8 Å². The molecule has 2 aliphatic heterocycles. The van der Waals surface area contributed by atoms with Gasteiger partial charge in [-0.3, -0.25) is 4.90 Å². The molecule has 0 unspecified atom stereocenters. The molecule has 1 N–H and O–H groups in total. The van der Waals surface area contributed by atoms with Gasteiger partial charge in [-0.05, 0) is 51.7 Å². The van der Waals surface area contributed by atoms with Gasteiger partial charge >= 0.3 is 6.09 Å². The maximum absolute atomic E-state index is 12.6. The molecule has 24 heavy (non-hydrogen) atoms. The van der Waals surface area contributed by atoms with Gasteiger partial charge in [0.2, 0.25) is 0 Å². The van der Waals surface area contributed by atoms with Gasteiger partial charge in [0.1, 0.15) is 5.60 Å². The van der Waals surface area contributed by atoms with Crippen LogP contribution in [-0.4, -0.2) is 56.2 Å². The average molecular weight is 357 g/mol. The molecular weight excluding hydrogens is 320 g/mol. The average Bonchev–Trinajstić information content (AvgIpc) is 2.70. The number of nitrogens with zero attached hydrogens (tertiary/aromatic N) is 1. The summed E-state index contributed by atoms with van der Waals surface area (Å²) in [5, 5.41) is 3.80. The number of carbonyl (C=O) groups excluding carboxylic acids is 1. The molecule has 3 atom stereocenters. The molecule has 2 fully saturated rings. The molecule has 0 spiro atoms. The fourth-order valence-corrected chi connectivity index (χ4v) is 4.24. The lowest BCUT2D eigenvalue weighted by Gasteiger charge is -2.43. The minimum absolute atomic E-state index is 0.172. The van der Waals surface area contributed by atoms with Gasteiger partial charge in [-0.15, -0.1) is 0 Å². The van der Waals surface area contributed by atoms with E-state index in [0.717, 1.165) is 19.4 Å². The van der Waals surface area contributed by atoms with Crippen molar-refractivity contribution in [3.05, 3.63) is 0 Å². The summed E-state index contributed by atoms with van der Waals surface area (Å²) in [5.74, 6) is 0. The molecule has 6 heteroatoms. The number of piperazine rings is 1. The zero-order chi connectivity index (χ0) is 18.3. The molecule has 5 nitrogen and oxygen atoms in total. The number of hydrogen-bond donors (Lipinski definition) is 1. The van der Waals surface area contributed by atoms with Crippen molar-refractivity contribution in [1.82, 2.24) is 10.2 Å². The van der Waals surface area contributed by atoms with Crippen LogP contribution < -0.4 is 5.32 Å². The number of fused-ring (bicyclic) bond motifs is 2. The first-order chi connectivity index (χ1) is 10.8. The van der Waals surface area contributed by atoms with Crippen LogP contribution in [-0.2, 0) is 9.16 Å². The van der Waals surface area contributed by atoms with E-state index in [1.54, 1.807) is 0 Å². The molecule has 0 aromatic heterocycles. The van der Waals surface area contributed by atoms with E-state index >= 15 is 0 Å². The van der Waals surface area contributed by atoms with E-state index < -0.39 is 13.9 Å². The van der Waals surface area contributed by atoms with Crippen molar-refractivity contribution in [3.63, 3.8) is 0 Å². The Labute approximate surface area is 148 Å². The van der Waals surface area contributed by atoms with Gasteiger partial charge in [0.05, 0.1) is 12.6 Å². The van der Waals surface area contributed by atoms with Crippen LogP contribution in [0.4, 0.5) is 4.79 Å². The zero-order valence-corrected chi connectivity index (χ0v) is 17.7. The maximum atomic E-state index is 12.6. The lowest BCUT2D eigenvalue weighted by molar-refractivity contribution is 0.000824. The summed E-state index contributed by atoms with van der Waals surface area (Å²) < 4.78 is 12.0. The largest absolute Gasteiger partial charge is 0.444 e. The molecule has 0 aliphatic carbocycles. The molecule has 1 amide bonds. The van der Waals surface area contributed by atoms with Gasteiger partial charge in [-0.1, -0.05) is 20.8 Å². The van der Waals surface area contributed by atoms with E-state index in [1.807, 2.05) is 25.7 Å². The van der Waals surface area contributed by atoms with E-state index in [4.69, 9.17) is 9.16 Å². The first-order valence-electron chi connectivity index (χ1n) is 9.20. The van der Waals surface area contributed by atoms with E-state index in [9.17, 15) is 4.79 Å². The lowest BCUT2D eigenvalue weighted by atomic mass is 10.1.